The van der Waals surface area contributed by atoms with Gasteiger partial charge in [-0.1, -0.05) is 12.1 Å². The lowest BCUT2D eigenvalue weighted by Gasteiger charge is -2.34. The summed E-state index contributed by atoms with van der Waals surface area (Å²) in [6.07, 6.45) is 5.72. The van der Waals surface area contributed by atoms with Gasteiger partial charge < -0.3 is 15.5 Å². The van der Waals surface area contributed by atoms with Crippen molar-refractivity contribution in [2.75, 3.05) is 31.1 Å². The molecule has 1 aliphatic heterocycles. The van der Waals surface area contributed by atoms with E-state index in [0.29, 0.717) is 6.04 Å². The van der Waals surface area contributed by atoms with Gasteiger partial charge in [-0.2, -0.15) is 0 Å². The van der Waals surface area contributed by atoms with Crippen LogP contribution in [0.4, 0.5) is 10.1 Å². The van der Waals surface area contributed by atoms with Crippen LogP contribution in [0, 0.1) is 5.82 Å². The first-order chi connectivity index (χ1) is 15.2. The van der Waals surface area contributed by atoms with Gasteiger partial charge in [-0.3, -0.25) is 9.39 Å². The standard InChI is InChI=1S/C23H30FN7/c1-2-25-23(26-13-6-10-22-29-28-21-9-3-4-14-31(21)22)27-19-11-15-30(16-12-19)20-8-5-7-18(24)17-20/h3-5,7-9,14,17,19H,2,6,10-13,15-16H2,1H3,(H2,25,26,27). The molecule has 3 aromatic rings. The van der Waals surface area contributed by atoms with E-state index in [1.54, 1.807) is 12.1 Å². The molecule has 0 atom stereocenters. The minimum Gasteiger partial charge on any atom is -0.371 e. The molecule has 0 radical (unpaired) electrons. The van der Waals surface area contributed by atoms with E-state index < -0.39 is 0 Å². The molecule has 2 N–H and O–H groups in total. The first-order valence-corrected chi connectivity index (χ1v) is 11.1. The Kier molecular flexibility index (Phi) is 6.96. The van der Waals surface area contributed by atoms with Crippen molar-refractivity contribution in [1.29, 1.82) is 0 Å². The monoisotopic (exact) mass is 423 g/mol. The maximum absolute atomic E-state index is 13.5. The highest BCUT2D eigenvalue weighted by Gasteiger charge is 2.20. The van der Waals surface area contributed by atoms with Crippen LogP contribution in [0.15, 0.2) is 53.7 Å². The van der Waals surface area contributed by atoms with Crippen LogP contribution in [0.5, 0.6) is 0 Å². The number of halogens is 1. The van der Waals surface area contributed by atoms with Crippen LogP contribution in [0.1, 0.15) is 32.0 Å². The van der Waals surface area contributed by atoms with E-state index in [4.69, 9.17) is 4.99 Å². The van der Waals surface area contributed by atoms with Crippen molar-refractivity contribution >= 4 is 17.3 Å². The Balaban J connectivity index is 1.26. The van der Waals surface area contributed by atoms with E-state index in [1.807, 2.05) is 34.9 Å². The van der Waals surface area contributed by atoms with Gasteiger partial charge in [-0.25, -0.2) is 4.39 Å². The van der Waals surface area contributed by atoms with Gasteiger partial charge in [0.05, 0.1) is 0 Å². The Hall–Kier alpha value is -3.16. The highest BCUT2D eigenvalue weighted by Crippen LogP contribution is 2.20. The Morgan fingerprint density at radius 1 is 1.16 bits per heavy atom. The number of nitrogens with zero attached hydrogens (tertiary/aromatic N) is 5. The molecule has 1 aromatic carbocycles. The number of anilines is 1. The first-order valence-electron chi connectivity index (χ1n) is 11.1. The van der Waals surface area contributed by atoms with Crippen molar-refractivity contribution in [3.05, 3.63) is 60.3 Å². The van der Waals surface area contributed by atoms with Crippen LogP contribution in [0.2, 0.25) is 0 Å². The molecule has 4 rings (SSSR count). The second kappa shape index (κ2) is 10.2. The van der Waals surface area contributed by atoms with Gasteiger partial charge in [0.2, 0.25) is 0 Å². The summed E-state index contributed by atoms with van der Waals surface area (Å²) in [7, 11) is 0. The van der Waals surface area contributed by atoms with E-state index in [-0.39, 0.29) is 5.82 Å². The molecule has 7 nitrogen and oxygen atoms in total. The summed E-state index contributed by atoms with van der Waals surface area (Å²) >= 11 is 0. The van der Waals surface area contributed by atoms with Gasteiger partial charge in [0.1, 0.15) is 11.6 Å². The van der Waals surface area contributed by atoms with E-state index in [0.717, 1.165) is 75.0 Å². The third-order valence-corrected chi connectivity index (χ3v) is 5.57. The number of benzene rings is 1. The molecular weight excluding hydrogens is 393 g/mol. The Morgan fingerprint density at radius 3 is 2.84 bits per heavy atom. The number of aliphatic imine (C=N–C) groups is 1. The van der Waals surface area contributed by atoms with Crippen LogP contribution in [-0.2, 0) is 6.42 Å². The van der Waals surface area contributed by atoms with Crippen LogP contribution < -0.4 is 15.5 Å². The summed E-state index contributed by atoms with van der Waals surface area (Å²) in [6, 6.07) is 13.1. The van der Waals surface area contributed by atoms with Crippen molar-refractivity contribution in [1.82, 2.24) is 25.2 Å². The molecule has 1 fully saturated rings. The van der Waals surface area contributed by atoms with Gasteiger partial charge in [0.15, 0.2) is 11.6 Å². The Labute approximate surface area is 182 Å². The highest BCUT2D eigenvalue weighted by atomic mass is 19.1. The number of fused-ring (bicyclic) bond motifs is 1. The average Bonchev–Trinajstić information content (AvgIpc) is 3.20. The third kappa shape index (κ3) is 5.51. The molecule has 3 heterocycles. The van der Waals surface area contributed by atoms with Gasteiger partial charge in [-0.05, 0) is 56.5 Å². The second-order valence-corrected chi connectivity index (χ2v) is 7.79. The van der Waals surface area contributed by atoms with Crippen molar-refractivity contribution in [3.8, 4) is 0 Å². The zero-order valence-electron chi connectivity index (χ0n) is 18.0. The molecule has 164 valence electrons. The van der Waals surface area contributed by atoms with Crippen molar-refractivity contribution in [2.45, 2.75) is 38.6 Å². The lowest BCUT2D eigenvalue weighted by atomic mass is 10.0. The molecule has 8 heteroatoms. The number of aryl methyl sites for hydroxylation is 1. The minimum atomic E-state index is -0.182. The van der Waals surface area contributed by atoms with Gasteiger partial charge in [0.25, 0.3) is 0 Å². The molecule has 2 aromatic heterocycles. The average molecular weight is 424 g/mol. The quantitative estimate of drug-likeness (QED) is 0.347. The van der Waals surface area contributed by atoms with Crippen LogP contribution in [0.25, 0.3) is 5.65 Å². The number of rotatable bonds is 7. The second-order valence-electron chi connectivity index (χ2n) is 7.79. The lowest BCUT2D eigenvalue weighted by molar-refractivity contribution is 0.461. The summed E-state index contributed by atoms with van der Waals surface area (Å²) < 4.78 is 15.5. The maximum Gasteiger partial charge on any atom is 0.191 e. The molecule has 0 aliphatic carbocycles. The number of pyridine rings is 1. The fourth-order valence-corrected chi connectivity index (χ4v) is 3.96. The molecule has 0 spiro atoms. The normalized spacial score (nSPS) is 15.4. The molecule has 0 saturated carbocycles. The third-order valence-electron chi connectivity index (χ3n) is 5.57. The van der Waals surface area contributed by atoms with E-state index in [2.05, 4.69) is 32.7 Å². The van der Waals surface area contributed by atoms with E-state index >= 15 is 0 Å². The zero-order valence-corrected chi connectivity index (χ0v) is 18.0. The van der Waals surface area contributed by atoms with E-state index in [9.17, 15) is 4.39 Å². The van der Waals surface area contributed by atoms with Crippen LogP contribution >= 0.6 is 0 Å². The summed E-state index contributed by atoms with van der Waals surface area (Å²) in [5.74, 6) is 1.64. The van der Waals surface area contributed by atoms with Crippen molar-refractivity contribution in [3.63, 3.8) is 0 Å². The smallest absolute Gasteiger partial charge is 0.191 e. The molecule has 0 amide bonds. The van der Waals surface area contributed by atoms with Gasteiger partial charge >= 0.3 is 0 Å². The summed E-state index contributed by atoms with van der Waals surface area (Å²) in [4.78, 5) is 6.99. The number of hydrogen-bond acceptors (Lipinski definition) is 4. The minimum absolute atomic E-state index is 0.182. The molecular formula is C23H30FN7. The number of aromatic nitrogens is 3. The van der Waals surface area contributed by atoms with Crippen LogP contribution in [0.3, 0.4) is 0 Å². The molecule has 0 bridgehead atoms. The fraction of sp³-hybridized carbons (Fsp3) is 0.435. The predicted octanol–water partition coefficient (Wildman–Crippen LogP) is 3.03. The molecule has 1 saturated heterocycles. The largest absolute Gasteiger partial charge is 0.371 e. The number of hydrogen-bond donors (Lipinski definition) is 2. The van der Waals surface area contributed by atoms with E-state index in [1.165, 1.54) is 6.07 Å². The summed E-state index contributed by atoms with van der Waals surface area (Å²) in [5, 5.41) is 15.4. The van der Waals surface area contributed by atoms with Gasteiger partial charge in [0, 0.05) is 50.5 Å². The number of piperidine rings is 1. The predicted molar refractivity (Wildman–Crippen MR) is 122 cm³/mol. The highest BCUT2D eigenvalue weighted by molar-refractivity contribution is 5.80. The number of guanidine groups is 1. The topological polar surface area (TPSA) is 69.8 Å². The van der Waals surface area contributed by atoms with Crippen molar-refractivity contribution in [2.24, 2.45) is 4.99 Å². The SMILES string of the molecule is CCNC(=NCCCc1nnc2ccccn12)NC1CCN(c2cccc(F)c2)CC1. The molecule has 1 aliphatic rings. The summed E-state index contributed by atoms with van der Waals surface area (Å²) in [5.41, 5.74) is 1.83. The number of nitrogens with one attached hydrogen (secondary N) is 2. The Morgan fingerprint density at radius 2 is 2.03 bits per heavy atom. The zero-order chi connectivity index (χ0) is 21.5. The first kappa shape index (κ1) is 21.1. The van der Waals surface area contributed by atoms with Crippen LogP contribution in [-0.4, -0.2) is 52.8 Å². The maximum atomic E-state index is 13.5. The fourth-order valence-electron chi connectivity index (χ4n) is 3.96. The van der Waals surface area contributed by atoms with Gasteiger partial charge in [-0.15, -0.1) is 10.2 Å². The van der Waals surface area contributed by atoms with Crippen molar-refractivity contribution < 1.29 is 4.39 Å². The lowest BCUT2D eigenvalue weighted by Crippen LogP contribution is -2.48. The summed E-state index contributed by atoms with van der Waals surface area (Å²) in [6.45, 7) is 5.43. The Bertz CT molecular complexity index is 1010. The molecule has 31 heavy (non-hydrogen) atoms. The molecule has 0 unspecified atom stereocenters.